The summed E-state index contributed by atoms with van der Waals surface area (Å²) < 4.78 is 10.4. The standard InChI is InChI=1S/C24H20Cl2N4O5S/c25-15-2-1-14(17(26)9-15)11-34-24(33)30-7-5-13(6-8-30)22-28-19(12-36-22)21(31)27-16-3-4-18-20(10-16)35-23(32)29-18/h1-4,9-10,12-13H,5-8,11H2,(H,27,31)(H,29,32). The van der Waals surface area contributed by atoms with E-state index in [0.29, 0.717) is 64.0 Å². The summed E-state index contributed by atoms with van der Waals surface area (Å²) in [5.74, 6) is -0.753. The number of carbonyl (C=O) groups is 2. The van der Waals surface area contributed by atoms with Crippen molar-refractivity contribution < 1.29 is 18.7 Å². The quantitative estimate of drug-likeness (QED) is 0.333. The van der Waals surface area contributed by atoms with Gasteiger partial charge in [0.1, 0.15) is 12.3 Å². The smallest absolute Gasteiger partial charge is 0.417 e. The van der Waals surface area contributed by atoms with Gasteiger partial charge in [-0.2, -0.15) is 0 Å². The number of hydrogen-bond acceptors (Lipinski definition) is 7. The maximum Gasteiger partial charge on any atom is 0.417 e. The molecule has 2 aromatic heterocycles. The van der Waals surface area contributed by atoms with Gasteiger partial charge in [-0.15, -0.1) is 11.3 Å². The average molecular weight is 547 g/mol. The zero-order valence-corrected chi connectivity index (χ0v) is 21.1. The minimum Gasteiger partial charge on any atom is -0.444 e. The van der Waals surface area contributed by atoms with Gasteiger partial charge in [0.15, 0.2) is 5.58 Å². The molecule has 3 heterocycles. The van der Waals surface area contributed by atoms with E-state index >= 15 is 0 Å². The van der Waals surface area contributed by atoms with Crippen molar-refractivity contribution in [1.82, 2.24) is 14.9 Å². The lowest BCUT2D eigenvalue weighted by Gasteiger charge is -2.30. The van der Waals surface area contributed by atoms with Crippen LogP contribution >= 0.6 is 34.5 Å². The van der Waals surface area contributed by atoms with Crippen LogP contribution in [0.25, 0.3) is 11.1 Å². The molecule has 1 fully saturated rings. The molecule has 0 saturated carbocycles. The highest BCUT2D eigenvalue weighted by molar-refractivity contribution is 7.10. The number of nitrogens with zero attached hydrogens (tertiary/aromatic N) is 2. The van der Waals surface area contributed by atoms with Crippen molar-refractivity contribution in [3.05, 3.63) is 78.6 Å². The molecule has 5 rings (SSSR count). The Morgan fingerprint density at radius 3 is 2.78 bits per heavy atom. The Hall–Kier alpha value is -3.34. The third-order valence-electron chi connectivity index (χ3n) is 5.90. The van der Waals surface area contributed by atoms with Crippen molar-refractivity contribution in [3.63, 3.8) is 0 Å². The summed E-state index contributed by atoms with van der Waals surface area (Å²) in [6.07, 6.45) is 1.04. The van der Waals surface area contributed by atoms with E-state index in [9.17, 15) is 14.4 Å². The predicted molar refractivity (Wildman–Crippen MR) is 137 cm³/mol. The summed E-state index contributed by atoms with van der Waals surface area (Å²) in [5.41, 5.74) is 2.41. The first-order chi connectivity index (χ1) is 17.4. The highest BCUT2D eigenvalue weighted by Crippen LogP contribution is 2.31. The van der Waals surface area contributed by atoms with Crippen molar-refractivity contribution in [1.29, 1.82) is 0 Å². The van der Waals surface area contributed by atoms with Crippen LogP contribution in [0.4, 0.5) is 10.5 Å². The molecule has 0 spiro atoms. The summed E-state index contributed by atoms with van der Waals surface area (Å²) in [6.45, 7) is 1.13. The predicted octanol–water partition coefficient (Wildman–Crippen LogP) is 5.65. The fourth-order valence-electron chi connectivity index (χ4n) is 3.98. The van der Waals surface area contributed by atoms with Gasteiger partial charge in [0, 0.05) is 51.7 Å². The fraction of sp³-hybridized carbons (Fsp3) is 0.250. The van der Waals surface area contributed by atoms with E-state index in [4.69, 9.17) is 32.4 Å². The second kappa shape index (κ2) is 10.3. The first kappa shape index (κ1) is 24.4. The second-order valence-electron chi connectivity index (χ2n) is 8.30. The van der Waals surface area contributed by atoms with Gasteiger partial charge in [-0.25, -0.2) is 14.6 Å². The van der Waals surface area contributed by atoms with E-state index in [-0.39, 0.29) is 18.4 Å². The summed E-state index contributed by atoms with van der Waals surface area (Å²) >= 11 is 13.5. The summed E-state index contributed by atoms with van der Waals surface area (Å²) in [5, 5.41) is 6.32. The molecule has 1 aliphatic heterocycles. The topological polar surface area (TPSA) is 118 Å². The number of H-pyrrole nitrogens is 1. The number of carbonyl (C=O) groups excluding carboxylic acids is 2. The van der Waals surface area contributed by atoms with Crippen LogP contribution in [0.2, 0.25) is 10.0 Å². The molecule has 4 aromatic rings. The molecule has 0 unspecified atom stereocenters. The Balaban J connectivity index is 1.14. The largest absolute Gasteiger partial charge is 0.444 e. The minimum atomic E-state index is -0.553. The van der Waals surface area contributed by atoms with Gasteiger partial charge < -0.3 is 19.4 Å². The van der Waals surface area contributed by atoms with Crippen molar-refractivity contribution in [2.24, 2.45) is 0 Å². The molecule has 0 bridgehead atoms. The number of fused-ring (bicyclic) bond motifs is 1. The zero-order valence-electron chi connectivity index (χ0n) is 18.8. The molecule has 2 aromatic carbocycles. The monoisotopic (exact) mass is 546 g/mol. The van der Waals surface area contributed by atoms with Gasteiger partial charge in [-0.1, -0.05) is 29.3 Å². The third kappa shape index (κ3) is 5.40. The Morgan fingerprint density at radius 2 is 2.00 bits per heavy atom. The maximum absolute atomic E-state index is 12.7. The van der Waals surface area contributed by atoms with Gasteiger partial charge in [0.05, 0.1) is 10.5 Å². The number of oxazole rings is 1. The van der Waals surface area contributed by atoms with Crippen molar-refractivity contribution in [2.75, 3.05) is 18.4 Å². The molecule has 2 amide bonds. The number of rotatable bonds is 5. The Kier molecular flexibility index (Phi) is 6.99. The number of ether oxygens (including phenoxy) is 1. The number of amides is 2. The number of anilines is 1. The van der Waals surface area contributed by atoms with Gasteiger partial charge in [0.25, 0.3) is 5.91 Å². The van der Waals surface area contributed by atoms with Gasteiger partial charge in [-0.3, -0.25) is 9.78 Å². The lowest BCUT2D eigenvalue weighted by atomic mass is 9.98. The molecular formula is C24H20Cl2N4O5S. The molecule has 2 N–H and O–H groups in total. The zero-order chi connectivity index (χ0) is 25.2. The van der Waals surface area contributed by atoms with E-state index in [0.717, 1.165) is 5.01 Å². The number of benzene rings is 2. The van der Waals surface area contributed by atoms with Gasteiger partial charge in [0.2, 0.25) is 0 Å². The van der Waals surface area contributed by atoms with Crippen molar-refractivity contribution in [2.45, 2.75) is 25.4 Å². The number of halogens is 2. The van der Waals surface area contributed by atoms with Gasteiger partial charge in [-0.05, 0) is 37.1 Å². The Bertz CT molecular complexity index is 1490. The van der Waals surface area contributed by atoms with Gasteiger partial charge >= 0.3 is 11.8 Å². The van der Waals surface area contributed by atoms with Crippen molar-refractivity contribution in [3.8, 4) is 0 Å². The Morgan fingerprint density at radius 1 is 1.19 bits per heavy atom. The summed E-state index contributed by atoms with van der Waals surface area (Å²) in [7, 11) is 0. The average Bonchev–Trinajstić information content (AvgIpc) is 3.49. The third-order valence-corrected chi connectivity index (χ3v) is 7.50. The highest BCUT2D eigenvalue weighted by Gasteiger charge is 2.27. The molecule has 9 nitrogen and oxygen atoms in total. The normalized spacial score (nSPS) is 14.2. The molecule has 36 heavy (non-hydrogen) atoms. The van der Waals surface area contributed by atoms with E-state index in [2.05, 4.69) is 15.3 Å². The fourth-order valence-corrected chi connectivity index (χ4v) is 5.41. The van der Waals surface area contributed by atoms with Crippen molar-refractivity contribution >= 4 is 63.3 Å². The molecule has 186 valence electrons. The highest BCUT2D eigenvalue weighted by atomic mass is 35.5. The number of thiazole rings is 1. The summed E-state index contributed by atoms with van der Waals surface area (Å²) in [6, 6.07) is 9.95. The second-order valence-corrected chi connectivity index (χ2v) is 10.0. The number of aromatic amines is 1. The lowest BCUT2D eigenvalue weighted by molar-refractivity contribution is 0.0870. The van der Waals surface area contributed by atoms with Crippen LogP contribution in [-0.4, -0.2) is 40.0 Å². The lowest BCUT2D eigenvalue weighted by Crippen LogP contribution is -2.38. The number of hydrogen-bond donors (Lipinski definition) is 2. The van der Waals surface area contributed by atoms with Crippen LogP contribution < -0.4 is 11.1 Å². The number of nitrogens with one attached hydrogen (secondary N) is 2. The van der Waals surface area contributed by atoms with Crippen LogP contribution in [0.5, 0.6) is 0 Å². The first-order valence-electron chi connectivity index (χ1n) is 11.1. The molecular weight excluding hydrogens is 527 g/mol. The summed E-state index contributed by atoms with van der Waals surface area (Å²) in [4.78, 5) is 45.2. The van der Waals surface area contributed by atoms with Crippen LogP contribution in [0.1, 0.15) is 39.8 Å². The molecule has 1 aliphatic rings. The molecule has 12 heteroatoms. The van der Waals surface area contributed by atoms with E-state index in [1.807, 2.05) is 0 Å². The van der Waals surface area contributed by atoms with E-state index in [1.165, 1.54) is 11.3 Å². The maximum atomic E-state index is 12.7. The number of aromatic nitrogens is 2. The molecule has 0 atom stereocenters. The number of likely N-dealkylation sites (tertiary alicyclic amines) is 1. The van der Waals surface area contributed by atoms with Crippen LogP contribution in [0.15, 0.2) is 51.0 Å². The van der Waals surface area contributed by atoms with E-state index < -0.39 is 11.8 Å². The minimum absolute atomic E-state index is 0.0723. The molecule has 1 saturated heterocycles. The molecule has 0 aliphatic carbocycles. The number of piperidine rings is 1. The molecule has 0 radical (unpaired) electrons. The van der Waals surface area contributed by atoms with E-state index in [1.54, 1.807) is 46.7 Å². The first-order valence-corrected chi connectivity index (χ1v) is 12.7. The SMILES string of the molecule is O=C(Nc1ccc2[nH]c(=O)oc2c1)c1csc(C2CCN(C(=O)OCc3ccc(Cl)cc3Cl)CC2)n1. The Labute approximate surface area is 219 Å². The van der Waals surface area contributed by atoms with Crippen LogP contribution in [-0.2, 0) is 11.3 Å². The van der Waals surface area contributed by atoms with Crippen LogP contribution in [0, 0.1) is 0 Å². The van der Waals surface area contributed by atoms with Crippen LogP contribution in [0.3, 0.4) is 0 Å².